The van der Waals surface area contributed by atoms with Gasteiger partial charge in [-0.05, 0) is 19.1 Å². The third-order valence-electron chi connectivity index (χ3n) is 4.65. The second-order valence-electron chi connectivity index (χ2n) is 6.32. The van der Waals surface area contributed by atoms with Crippen molar-refractivity contribution >= 4 is 16.9 Å². The van der Waals surface area contributed by atoms with Crippen LogP contribution in [-0.2, 0) is 24.3 Å². The lowest BCUT2D eigenvalue weighted by molar-refractivity contribution is 0.0664. The number of carbonyl (C=O) groups is 1. The molecule has 7 heteroatoms. The van der Waals surface area contributed by atoms with E-state index < -0.39 is 0 Å². The van der Waals surface area contributed by atoms with Crippen LogP contribution < -0.4 is 0 Å². The number of rotatable bonds is 3. The highest BCUT2D eigenvalue weighted by Crippen LogP contribution is 2.23. The number of hydrogen-bond acceptors (Lipinski definition) is 5. The van der Waals surface area contributed by atoms with Crippen molar-refractivity contribution in [3.8, 4) is 0 Å². The summed E-state index contributed by atoms with van der Waals surface area (Å²) in [5.74, 6) is 1.97. The lowest BCUT2D eigenvalue weighted by Gasteiger charge is -2.25. The third kappa shape index (κ3) is 2.80. The highest BCUT2D eigenvalue weighted by molar-refractivity contribution is 5.96. The first-order valence-corrected chi connectivity index (χ1v) is 8.37. The Labute approximate surface area is 145 Å². The quantitative estimate of drug-likeness (QED) is 0.731. The van der Waals surface area contributed by atoms with Crippen LogP contribution in [0.3, 0.4) is 0 Å². The second-order valence-corrected chi connectivity index (χ2v) is 6.32. The molecule has 3 aromatic rings. The number of para-hydroxylation sites is 1. The van der Waals surface area contributed by atoms with Crippen LogP contribution in [0.2, 0.25) is 0 Å². The van der Waals surface area contributed by atoms with E-state index in [1.54, 1.807) is 7.11 Å². The fourth-order valence-electron chi connectivity index (χ4n) is 3.35. The summed E-state index contributed by atoms with van der Waals surface area (Å²) < 4.78 is 13.0. The third-order valence-corrected chi connectivity index (χ3v) is 4.65. The van der Waals surface area contributed by atoms with Gasteiger partial charge >= 0.3 is 0 Å². The minimum atomic E-state index is -0.0873. The van der Waals surface area contributed by atoms with Crippen LogP contribution >= 0.6 is 0 Å². The molecule has 2 aromatic heterocycles. The predicted octanol–water partition coefficient (Wildman–Crippen LogP) is 2.26. The first-order valence-electron chi connectivity index (χ1n) is 8.37. The van der Waals surface area contributed by atoms with Gasteiger partial charge in [-0.1, -0.05) is 18.2 Å². The summed E-state index contributed by atoms with van der Waals surface area (Å²) in [5, 5.41) is 9.38. The molecule has 1 atom stereocenters. The van der Waals surface area contributed by atoms with Crippen molar-refractivity contribution in [3.05, 3.63) is 47.7 Å². The molecular formula is C18H20N4O3. The molecule has 1 aromatic carbocycles. The Bertz CT molecular complexity index is 881. The molecule has 7 nitrogen and oxygen atoms in total. The van der Waals surface area contributed by atoms with E-state index in [2.05, 4.69) is 10.2 Å². The number of carbonyl (C=O) groups excluding carboxylic acids is 1. The SMILES string of the molecule is COCc1nnc2n1CCN(C(=O)c1cc3ccccc3o1)[C@@H](C)C2. The number of hydrogen-bond donors (Lipinski definition) is 0. The molecule has 0 spiro atoms. The smallest absolute Gasteiger partial charge is 0.289 e. The van der Waals surface area contributed by atoms with E-state index in [-0.39, 0.29) is 11.9 Å². The fourth-order valence-corrected chi connectivity index (χ4v) is 3.35. The van der Waals surface area contributed by atoms with Gasteiger partial charge in [0.1, 0.15) is 18.0 Å². The average molecular weight is 340 g/mol. The molecule has 1 aliphatic rings. The summed E-state index contributed by atoms with van der Waals surface area (Å²) >= 11 is 0. The zero-order valence-electron chi connectivity index (χ0n) is 14.3. The van der Waals surface area contributed by atoms with Gasteiger partial charge in [-0.25, -0.2) is 0 Å². The number of aromatic nitrogens is 3. The molecule has 25 heavy (non-hydrogen) atoms. The molecule has 0 unspecified atom stereocenters. The van der Waals surface area contributed by atoms with E-state index in [9.17, 15) is 4.79 Å². The summed E-state index contributed by atoms with van der Waals surface area (Å²) in [5.41, 5.74) is 0.729. The van der Waals surface area contributed by atoms with Crippen LogP contribution in [0.1, 0.15) is 29.1 Å². The molecular weight excluding hydrogens is 320 g/mol. The van der Waals surface area contributed by atoms with Crippen LogP contribution in [0.25, 0.3) is 11.0 Å². The van der Waals surface area contributed by atoms with E-state index in [4.69, 9.17) is 9.15 Å². The number of benzene rings is 1. The average Bonchev–Trinajstić information content (AvgIpc) is 3.16. The van der Waals surface area contributed by atoms with Crippen molar-refractivity contribution in [2.45, 2.75) is 32.5 Å². The first kappa shape index (κ1) is 15.8. The second kappa shape index (κ2) is 6.33. The highest BCUT2D eigenvalue weighted by atomic mass is 16.5. The molecule has 0 fully saturated rings. The van der Waals surface area contributed by atoms with Crippen LogP contribution in [0.15, 0.2) is 34.7 Å². The molecule has 0 aliphatic carbocycles. The number of nitrogens with zero attached hydrogens (tertiary/aromatic N) is 4. The Kier molecular flexibility index (Phi) is 4.01. The van der Waals surface area contributed by atoms with Gasteiger partial charge in [-0.2, -0.15) is 0 Å². The number of furan rings is 1. The summed E-state index contributed by atoms with van der Waals surface area (Å²) in [6.07, 6.45) is 0.655. The normalized spacial score (nSPS) is 17.5. The molecule has 0 radical (unpaired) electrons. The number of amides is 1. The van der Waals surface area contributed by atoms with Crippen LogP contribution in [0, 0.1) is 0 Å². The van der Waals surface area contributed by atoms with E-state index in [0.29, 0.717) is 31.9 Å². The van der Waals surface area contributed by atoms with Crippen LogP contribution in [-0.4, -0.2) is 45.3 Å². The maximum Gasteiger partial charge on any atom is 0.289 e. The molecule has 3 heterocycles. The number of fused-ring (bicyclic) bond motifs is 2. The highest BCUT2D eigenvalue weighted by Gasteiger charge is 2.29. The molecule has 0 N–H and O–H groups in total. The molecule has 0 saturated heterocycles. The Morgan fingerprint density at radius 2 is 2.16 bits per heavy atom. The Morgan fingerprint density at radius 3 is 2.96 bits per heavy atom. The zero-order valence-corrected chi connectivity index (χ0v) is 14.3. The summed E-state index contributed by atoms with van der Waals surface area (Å²) in [7, 11) is 1.64. The van der Waals surface area contributed by atoms with Gasteiger partial charge in [0, 0.05) is 38.0 Å². The van der Waals surface area contributed by atoms with Gasteiger partial charge in [-0.15, -0.1) is 10.2 Å². The molecule has 0 bridgehead atoms. The van der Waals surface area contributed by atoms with Gasteiger partial charge in [0.2, 0.25) is 0 Å². The Balaban J connectivity index is 1.59. The van der Waals surface area contributed by atoms with Crippen molar-refractivity contribution in [2.75, 3.05) is 13.7 Å². The molecule has 130 valence electrons. The predicted molar refractivity (Wildman–Crippen MR) is 91.2 cm³/mol. The van der Waals surface area contributed by atoms with E-state index in [0.717, 1.165) is 22.6 Å². The van der Waals surface area contributed by atoms with E-state index >= 15 is 0 Å². The minimum Gasteiger partial charge on any atom is -0.451 e. The van der Waals surface area contributed by atoms with Crippen molar-refractivity contribution in [3.63, 3.8) is 0 Å². The lowest BCUT2D eigenvalue weighted by Crippen LogP contribution is -2.40. The summed E-state index contributed by atoms with van der Waals surface area (Å²) in [6, 6.07) is 9.48. The summed E-state index contributed by atoms with van der Waals surface area (Å²) in [4.78, 5) is 14.8. The maximum absolute atomic E-state index is 13.0. The first-order chi connectivity index (χ1) is 12.2. The van der Waals surface area contributed by atoms with Crippen molar-refractivity contribution < 1.29 is 13.9 Å². The largest absolute Gasteiger partial charge is 0.451 e. The van der Waals surface area contributed by atoms with Gasteiger partial charge in [-0.3, -0.25) is 4.79 Å². The van der Waals surface area contributed by atoms with Gasteiger partial charge in [0.15, 0.2) is 11.6 Å². The minimum absolute atomic E-state index is 0.0153. The van der Waals surface area contributed by atoms with Crippen molar-refractivity contribution in [1.82, 2.24) is 19.7 Å². The maximum atomic E-state index is 13.0. The molecule has 0 saturated carbocycles. The van der Waals surface area contributed by atoms with Gasteiger partial charge in [0.25, 0.3) is 5.91 Å². The van der Waals surface area contributed by atoms with Crippen molar-refractivity contribution in [1.29, 1.82) is 0 Å². The number of methoxy groups -OCH3 is 1. The number of ether oxygens (including phenoxy) is 1. The summed E-state index contributed by atoms with van der Waals surface area (Å²) in [6.45, 7) is 3.68. The topological polar surface area (TPSA) is 73.4 Å². The van der Waals surface area contributed by atoms with E-state index in [1.807, 2.05) is 46.7 Å². The van der Waals surface area contributed by atoms with Crippen molar-refractivity contribution in [2.24, 2.45) is 0 Å². The van der Waals surface area contributed by atoms with E-state index in [1.165, 1.54) is 0 Å². The van der Waals surface area contributed by atoms with Gasteiger partial charge in [0.05, 0.1) is 0 Å². The monoisotopic (exact) mass is 340 g/mol. The Morgan fingerprint density at radius 1 is 1.32 bits per heavy atom. The zero-order chi connectivity index (χ0) is 17.4. The van der Waals surface area contributed by atoms with Crippen LogP contribution in [0.5, 0.6) is 0 Å². The Hall–Kier alpha value is -2.67. The van der Waals surface area contributed by atoms with Crippen LogP contribution in [0.4, 0.5) is 0 Å². The molecule has 1 aliphatic heterocycles. The lowest BCUT2D eigenvalue weighted by atomic mass is 10.2. The molecule has 1 amide bonds. The molecule has 4 rings (SSSR count). The standard InChI is InChI=1S/C18H20N4O3/c1-12-9-16-19-20-17(11-24-2)22(16)8-7-21(12)18(23)15-10-13-5-3-4-6-14(13)25-15/h3-6,10,12H,7-9,11H2,1-2H3/t12-/m0/s1. The fraction of sp³-hybridized carbons (Fsp3) is 0.389. The van der Waals surface area contributed by atoms with Gasteiger partial charge < -0.3 is 18.6 Å².